The Morgan fingerprint density at radius 2 is 1.77 bits per heavy atom. The molecule has 1 fully saturated rings. The van der Waals surface area contributed by atoms with Gasteiger partial charge >= 0.3 is 0 Å². The minimum absolute atomic E-state index is 0.0144. The third-order valence-electron chi connectivity index (χ3n) is 4.46. The van der Waals surface area contributed by atoms with Crippen LogP contribution in [0.5, 0.6) is 0 Å². The maximum absolute atomic E-state index is 12.8. The van der Waals surface area contributed by atoms with Crippen molar-refractivity contribution in [3.05, 3.63) is 86.4 Å². The number of rotatable bonds is 4. The average Bonchev–Trinajstić information content (AvgIpc) is 3.30. The van der Waals surface area contributed by atoms with Gasteiger partial charge in [-0.2, -0.15) is 5.26 Å². The van der Waals surface area contributed by atoms with E-state index in [1.54, 1.807) is 48.5 Å². The van der Waals surface area contributed by atoms with Crippen LogP contribution in [0.4, 0.5) is 4.79 Å². The molecule has 2 aromatic carbocycles. The summed E-state index contributed by atoms with van der Waals surface area (Å²) in [4.78, 5) is 26.5. The average molecular weight is 455 g/mol. The number of imide groups is 1. The van der Waals surface area contributed by atoms with Crippen molar-refractivity contribution in [2.24, 2.45) is 0 Å². The second-order valence-corrected chi connectivity index (χ2v) is 8.14. The standard InChI is InChI=1S/C22H12Cl2N2O3S/c23-17-6-3-7-18(24)16(17)12-26-21(27)20(30-22(26)28)10-14-8-9-19(29-14)15-5-2-1-4-13(15)11-25/h1-10H,12H2/b20-10-. The van der Waals surface area contributed by atoms with Gasteiger partial charge in [0.05, 0.1) is 23.1 Å². The third kappa shape index (κ3) is 3.88. The maximum Gasteiger partial charge on any atom is 0.293 e. The third-order valence-corrected chi connectivity index (χ3v) is 6.08. The quantitative estimate of drug-likeness (QED) is 0.428. The highest BCUT2D eigenvalue weighted by Gasteiger charge is 2.36. The predicted octanol–water partition coefficient (Wildman–Crippen LogP) is 6.36. The van der Waals surface area contributed by atoms with E-state index in [-0.39, 0.29) is 11.4 Å². The Morgan fingerprint density at radius 1 is 1.03 bits per heavy atom. The highest BCUT2D eigenvalue weighted by Crippen LogP contribution is 2.36. The molecule has 1 aliphatic rings. The fraction of sp³-hybridized carbons (Fsp3) is 0.0455. The van der Waals surface area contributed by atoms with Gasteiger partial charge in [0, 0.05) is 27.2 Å². The molecule has 1 aromatic heterocycles. The van der Waals surface area contributed by atoms with Crippen LogP contribution in [-0.2, 0) is 11.3 Å². The number of thioether (sulfide) groups is 1. The second-order valence-electron chi connectivity index (χ2n) is 6.33. The summed E-state index contributed by atoms with van der Waals surface area (Å²) in [5.41, 5.74) is 1.65. The molecular formula is C22H12Cl2N2O3S. The van der Waals surface area contributed by atoms with Crippen molar-refractivity contribution < 1.29 is 14.0 Å². The van der Waals surface area contributed by atoms with Crippen molar-refractivity contribution in [3.63, 3.8) is 0 Å². The van der Waals surface area contributed by atoms with Gasteiger partial charge < -0.3 is 4.42 Å². The number of hydrogen-bond donors (Lipinski definition) is 0. The van der Waals surface area contributed by atoms with Crippen LogP contribution < -0.4 is 0 Å². The summed E-state index contributed by atoms with van der Waals surface area (Å²) in [6.45, 7) is -0.0144. The molecule has 1 saturated heterocycles. The van der Waals surface area contributed by atoms with Gasteiger partial charge in [-0.25, -0.2) is 0 Å². The van der Waals surface area contributed by atoms with Crippen LogP contribution in [0.25, 0.3) is 17.4 Å². The van der Waals surface area contributed by atoms with Gasteiger partial charge in [-0.15, -0.1) is 0 Å². The SMILES string of the molecule is N#Cc1ccccc1-c1ccc(/C=C2\SC(=O)N(Cc3c(Cl)cccc3Cl)C2=O)o1. The summed E-state index contributed by atoms with van der Waals surface area (Å²) in [5, 5.41) is 9.62. The van der Waals surface area contributed by atoms with Crippen molar-refractivity contribution >= 4 is 52.2 Å². The van der Waals surface area contributed by atoms with Crippen molar-refractivity contribution in [1.29, 1.82) is 5.26 Å². The maximum atomic E-state index is 12.8. The van der Waals surface area contributed by atoms with Gasteiger partial charge in [0.15, 0.2) is 0 Å². The molecule has 0 aliphatic carbocycles. The number of furan rings is 1. The van der Waals surface area contributed by atoms with Crippen LogP contribution in [-0.4, -0.2) is 16.0 Å². The predicted molar refractivity (Wildman–Crippen MR) is 117 cm³/mol. The molecule has 0 unspecified atom stereocenters. The van der Waals surface area contributed by atoms with Gasteiger partial charge in [0.25, 0.3) is 11.1 Å². The largest absolute Gasteiger partial charge is 0.457 e. The molecule has 0 spiro atoms. The molecule has 4 rings (SSSR count). The first-order valence-electron chi connectivity index (χ1n) is 8.75. The summed E-state index contributed by atoms with van der Waals surface area (Å²) in [6, 6.07) is 17.6. The molecule has 0 N–H and O–H groups in total. The Hall–Kier alpha value is -2.98. The van der Waals surface area contributed by atoms with E-state index >= 15 is 0 Å². The van der Waals surface area contributed by atoms with E-state index in [0.29, 0.717) is 38.3 Å². The summed E-state index contributed by atoms with van der Waals surface area (Å²) >= 11 is 13.1. The monoisotopic (exact) mass is 454 g/mol. The molecule has 8 heteroatoms. The molecule has 30 heavy (non-hydrogen) atoms. The van der Waals surface area contributed by atoms with Crippen LogP contribution in [0.2, 0.25) is 10.0 Å². The number of nitrogens with zero attached hydrogens (tertiary/aromatic N) is 2. The summed E-state index contributed by atoms with van der Waals surface area (Å²) < 4.78 is 5.78. The lowest BCUT2D eigenvalue weighted by atomic mass is 10.1. The van der Waals surface area contributed by atoms with E-state index < -0.39 is 11.1 Å². The molecular weight excluding hydrogens is 443 g/mol. The Balaban J connectivity index is 1.59. The van der Waals surface area contributed by atoms with E-state index in [4.69, 9.17) is 27.6 Å². The number of amides is 2. The second kappa shape index (κ2) is 8.41. The number of benzene rings is 2. The lowest BCUT2D eigenvalue weighted by Gasteiger charge is -2.14. The molecule has 3 aromatic rings. The molecule has 0 atom stereocenters. The first-order valence-corrected chi connectivity index (χ1v) is 10.3. The van der Waals surface area contributed by atoms with E-state index in [0.717, 1.165) is 16.7 Å². The van der Waals surface area contributed by atoms with Gasteiger partial charge in [0.2, 0.25) is 0 Å². The zero-order chi connectivity index (χ0) is 21.3. The number of halogens is 2. The van der Waals surface area contributed by atoms with Crippen molar-refractivity contribution in [1.82, 2.24) is 4.90 Å². The van der Waals surface area contributed by atoms with E-state index in [2.05, 4.69) is 6.07 Å². The fourth-order valence-electron chi connectivity index (χ4n) is 2.98. The molecule has 0 saturated carbocycles. The van der Waals surface area contributed by atoms with Crippen molar-refractivity contribution in [3.8, 4) is 17.4 Å². The van der Waals surface area contributed by atoms with Gasteiger partial charge in [0.1, 0.15) is 11.5 Å². The van der Waals surface area contributed by atoms with Crippen LogP contribution in [0.15, 0.2) is 63.9 Å². The lowest BCUT2D eigenvalue weighted by molar-refractivity contribution is -0.123. The highest BCUT2D eigenvalue weighted by atomic mass is 35.5. The van der Waals surface area contributed by atoms with Gasteiger partial charge in [-0.3, -0.25) is 14.5 Å². The molecule has 1 aliphatic heterocycles. The number of hydrogen-bond acceptors (Lipinski definition) is 5. The summed E-state index contributed by atoms with van der Waals surface area (Å²) in [7, 11) is 0. The fourth-order valence-corrected chi connectivity index (χ4v) is 4.31. The Morgan fingerprint density at radius 3 is 2.50 bits per heavy atom. The Labute approximate surface area is 186 Å². The normalized spacial score (nSPS) is 15.1. The van der Waals surface area contributed by atoms with Crippen LogP contribution >= 0.6 is 35.0 Å². The van der Waals surface area contributed by atoms with Crippen LogP contribution in [0.1, 0.15) is 16.9 Å². The first-order chi connectivity index (χ1) is 14.5. The van der Waals surface area contributed by atoms with Crippen LogP contribution in [0, 0.1) is 11.3 Å². The molecule has 0 radical (unpaired) electrons. The minimum atomic E-state index is -0.448. The lowest BCUT2D eigenvalue weighted by Crippen LogP contribution is -2.27. The molecule has 148 valence electrons. The van der Waals surface area contributed by atoms with Gasteiger partial charge in [-0.1, -0.05) is 41.4 Å². The molecule has 2 heterocycles. The minimum Gasteiger partial charge on any atom is -0.457 e. The van der Waals surface area contributed by atoms with Gasteiger partial charge in [-0.05, 0) is 48.2 Å². The Bertz CT molecular complexity index is 1220. The van der Waals surface area contributed by atoms with Crippen molar-refractivity contribution in [2.45, 2.75) is 6.54 Å². The molecule has 2 amide bonds. The highest BCUT2D eigenvalue weighted by molar-refractivity contribution is 8.18. The number of carbonyl (C=O) groups is 2. The topological polar surface area (TPSA) is 74.3 Å². The van der Waals surface area contributed by atoms with Crippen molar-refractivity contribution in [2.75, 3.05) is 0 Å². The smallest absolute Gasteiger partial charge is 0.293 e. The van der Waals surface area contributed by atoms with E-state index in [1.165, 1.54) is 6.08 Å². The zero-order valence-corrected chi connectivity index (χ0v) is 17.6. The van der Waals surface area contributed by atoms with E-state index in [9.17, 15) is 14.9 Å². The zero-order valence-electron chi connectivity index (χ0n) is 15.3. The first kappa shape index (κ1) is 20.3. The summed E-state index contributed by atoms with van der Waals surface area (Å²) in [6.07, 6.45) is 1.51. The molecule has 5 nitrogen and oxygen atoms in total. The molecule has 0 bridgehead atoms. The van der Waals surface area contributed by atoms with Crippen LogP contribution in [0.3, 0.4) is 0 Å². The summed E-state index contributed by atoms with van der Waals surface area (Å²) in [5.74, 6) is 0.454. The van der Waals surface area contributed by atoms with E-state index in [1.807, 2.05) is 6.07 Å². The Kier molecular flexibility index (Phi) is 5.69. The number of nitriles is 1. The number of carbonyl (C=O) groups excluding carboxylic acids is 2.